The maximum atomic E-state index is 13.4. The van der Waals surface area contributed by atoms with Crippen molar-refractivity contribution in [1.82, 2.24) is 0 Å². The van der Waals surface area contributed by atoms with Crippen LogP contribution in [0.15, 0.2) is 46.9 Å². The van der Waals surface area contributed by atoms with Crippen LogP contribution in [0, 0.1) is 5.92 Å². The number of carbonyl (C=O) groups is 2. The molecule has 25 heavy (non-hydrogen) atoms. The van der Waals surface area contributed by atoms with E-state index in [-0.39, 0.29) is 23.6 Å². The van der Waals surface area contributed by atoms with Crippen LogP contribution < -0.4 is 5.32 Å². The largest absolute Gasteiger partial charge is 0.373 e. The summed E-state index contributed by atoms with van der Waals surface area (Å²) in [6.45, 7) is 0.651. The second-order valence-electron chi connectivity index (χ2n) is 6.91. The number of benzene rings is 2. The molecule has 2 heterocycles. The van der Waals surface area contributed by atoms with Crippen LogP contribution in [0.2, 0.25) is 0 Å². The van der Waals surface area contributed by atoms with Crippen molar-refractivity contribution in [2.75, 3.05) is 11.9 Å². The second kappa shape index (κ2) is 5.26. The van der Waals surface area contributed by atoms with Crippen LogP contribution in [-0.2, 0) is 4.74 Å². The lowest BCUT2D eigenvalue weighted by Gasteiger charge is -2.47. The zero-order valence-electron chi connectivity index (χ0n) is 13.4. The summed E-state index contributed by atoms with van der Waals surface area (Å²) in [5, 5.41) is 3.35. The van der Waals surface area contributed by atoms with Crippen molar-refractivity contribution in [3.8, 4) is 0 Å². The van der Waals surface area contributed by atoms with Gasteiger partial charge in [0.2, 0.25) is 0 Å². The summed E-state index contributed by atoms with van der Waals surface area (Å²) in [6, 6.07) is 13.0. The van der Waals surface area contributed by atoms with E-state index in [1.165, 1.54) is 0 Å². The second-order valence-corrected chi connectivity index (χ2v) is 7.82. The van der Waals surface area contributed by atoms with Gasteiger partial charge in [-0.25, -0.2) is 0 Å². The predicted molar refractivity (Wildman–Crippen MR) is 97.0 cm³/mol. The number of hydrogen-bond acceptors (Lipinski definition) is 4. The van der Waals surface area contributed by atoms with E-state index in [9.17, 15) is 9.59 Å². The van der Waals surface area contributed by atoms with Crippen molar-refractivity contribution >= 4 is 33.2 Å². The van der Waals surface area contributed by atoms with Crippen molar-refractivity contribution in [2.45, 2.75) is 24.5 Å². The highest BCUT2D eigenvalue weighted by Crippen LogP contribution is 2.53. The van der Waals surface area contributed by atoms with E-state index in [0.717, 1.165) is 28.6 Å². The highest BCUT2D eigenvalue weighted by Gasteiger charge is 2.62. The van der Waals surface area contributed by atoms with Gasteiger partial charge in [-0.3, -0.25) is 9.59 Å². The van der Waals surface area contributed by atoms with Crippen LogP contribution >= 0.6 is 15.9 Å². The van der Waals surface area contributed by atoms with Gasteiger partial charge in [0, 0.05) is 39.4 Å². The number of rotatable bonds is 0. The number of Topliss-reactive ketones (excluding diaryl/α,β-unsaturated/α-hetero) is 2. The highest BCUT2D eigenvalue weighted by molar-refractivity contribution is 9.10. The quantitative estimate of drug-likeness (QED) is 0.678. The average Bonchev–Trinajstić information content (AvgIpc) is 2.86. The van der Waals surface area contributed by atoms with Crippen LogP contribution in [0.25, 0.3) is 0 Å². The molecule has 0 bridgehead atoms. The Morgan fingerprint density at radius 1 is 1.08 bits per heavy atom. The third kappa shape index (κ3) is 1.91. The summed E-state index contributed by atoms with van der Waals surface area (Å²) >= 11 is 3.51. The van der Waals surface area contributed by atoms with Gasteiger partial charge < -0.3 is 10.1 Å². The Bertz CT molecular complexity index is 888. The SMILES string of the molecule is O=C1c2ccccc2C(=O)C12Nc1ccc(Br)cc1[C@H]1OCCC[C@H]12. The minimum absolute atomic E-state index is 0.123. The van der Waals surface area contributed by atoms with E-state index in [1.54, 1.807) is 12.1 Å². The molecular formula is C20H16BrNO3. The van der Waals surface area contributed by atoms with Gasteiger partial charge in [-0.05, 0) is 31.0 Å². The molecule has 1 spiro atoms. The molecule has 1 saturated heterocycles. The topological polar surface area (TPSA) is 55.4 Å². The molecule has 2 aromatic carbocycles. The van der Waals surface area contributed by atoms with Crippen LogP contribution in [0.4, 0.5) is 5.69 Å². The van der Waals surface area contributed by atoms with Crippen LogP contribution in [0.5, 0.6) is 0 Å². The van der Waals surface area contributed by atoms with E-state index < -0.39 is 5.54 Å². The lowest BCUT2D eigenvalue weighted by atomic mass is 9.68. The number of halogens is 1. The minimum atomic E-state index is -1.24. The molecule has 126 valence electrons. The molecule has 0 amide bonds. The Balaban J connectivity index is 1.74. The smallest absolute Gasteiger partial charge is 0.197 e. The normalized spacial score (nSPS) is 26.0. The highest BCUT2D eigenvalue weighted by atomic mass is 79.9. The lowest BCUT2D eigenvalue weighted by molar-refractivity contribution is -0.0459. The van der Waals surface area contributed by atoms with Gasteiger partial charge in [-0.2, -0.15) is 0 Å². The molecule has 1 aliphatic carbocycles. The van der Waals surface area contributed by atoms with Gasteiger partial charge in [0.15, 0.2) is 17.1 Å². The number of ketones is 2. The van der Waals surface area contributed by atoms with Gasteiger partial charge in [0.1, 0.15) is 0 Å². The van der Waals surface area contributed by atoms with E-state index in [2.05, 4.69) is 21.2 Å². The first-order valence-electron chi connectivity index (χ1n) is 8.51. The first-order chi connectivity index (χ1) is 12.1. The Labute approximate surface area is 153 Å². The van der Waals surface area contributed by atoms with Crippen LogP contribution in [-0.4, -0.2) is 23.7 Å². The number of nitrogens with one attached hydrogen (secondary N) is 1. The molecule has 3 aliphatic rings. The fourth-order valence-electron chi connectivity index (χ4n) is 4.58. The first-order valence-corrected chi connectivity index (χ1v) is 9.30. The Hall–Kier alpha value is -1.98. The molecule has 0 aromatic heterocycles. The lowest BCUT2D eigenvalue weighted by Crippen LogP contribution is -2.60. The summed E-state index contributed by atoms with van der Waals surface area (Å²) < 4.78 is 7.04. The van der Waals surface area contributed by atoms with E-state index in [1.807, 2.05) is 30.3 Å². The van der Waals surface area contributed by atoms with Crippen LogP contribution in [0.3, 0.4) is 0 Å². The molecular weight excluding hydrogens is 382 g/mol. The molecule has 0 radical (unpaired) electrons. The molecule has 0 unspecified atom stereocenters. The molecule has 1 fully saturated rings. The molecule has 4 nitrogen and oxygen atoms in total. The summed E-state index contributed by atoms with van der Waals surface area (Å²) in [5.41, 5.74) is 1.62. The van der Waals surface area contributed by atoms with Gasteiger partial charge in [0.05, 0.1) is 6.10 Å². The number of ether oxygens (including phenoxy) is 1. The van der Waals surface area contributed by atoms with Crippen molar-refractivity contribution < 1.29 is 14.3 Å². The minimum Gasteiger partial charge on any atom is -0.373 e. The Morgan fingerprint density at radius 3 is 2.52 bits per heavy atom. The molecule has 2 aliphatic heterocycles. The van der Waals surface area contributed by atoms with Crippen molar-refractivity contribution in [3.05, 3.63) is 63.6 Å². The zero-order chi connectivity index (χ0) is 17.2. The third-order valence-corrected chi connectivity index (χ3v) is 6.16. The van der Waals surface area contributed by atoms with E-state index >= 15 is 0 Å². The monoisotopic (exact) mass is 397 g/mol. The van der Waals surface area contributed by atoms with Crippen molar-refractivity contribution in [1.29, 1.82) is 0 Å². The Kier molecular flexibility index (Phi) is 3.21. The maximum Gasteiger partial charge on any atom is 0.197 e. The number of anilines is 1. The molecule has 2 aromatic rings. The van der Waals surface area contributed by atoms with Crippen molar-refractivity contribution in [3.63, 3.8) is 0 Å². The molecule has 1 N–H and O–H groups in total. The van der Waals surface area contributed by atoms with Crippen molar-refractivity contribution in [2.24, 2.45) is 5.92 Å². The van der Waals surface area contributed by atoms with E-state index in [0.29, 0.717) is 17.7 Å². The number of fused-ring (bicyclic) bond motifs is 5. The fraction of sp³-hybridized carbons (Fsp3) is 0.300. The van der Waals surface area contributed by atoms with Gasteiger partial charge in [0.25, 0.3) is 0 Å². The molecule has 5 heteroatoms. The maximum absolute atomic E-state index is 13.4. The Morgan fingerprint density at radius 2 is 1.80 bits per heavy atom. The summed E-state index contributed by atoms with van der Waals surface area (Å²) in [4.78, 5) is 26.7. The molecule has 5 rings (SSSR count). The molecule has 0 saturated carbocycles. The first kappa shape index (κ1) is 15.3. The fourth-order valence-corrected chi connectivity index (χ4v) is 4.96. The van der Waals surface area contributed by atoms with Gasteiger partial charge in [-0.1, -0.05) is 40.2 Å². The standard InChI is InChI=1S/C20H16BrNO3/c21-11-7-8-16-14(10-11)17-15(6-3-9-25-17)20(22-16)18(23)12-4-1-2-5-13(12)19(20)24/h1-2,4-5,7-8,10,15,17,22H,3,6,9H2/t15-,17-/m1/s1. The summed E-state index contributed by atoms with van der Waals surface area (Å²) in [5.74, 6) is -0.445. The predicted octanol–water partition coefficient (Wildman–Crippen LogP) is 4.16. The third-order valence-electron chi connectivity index (χ3n) is 5.66. The number of hydrogen-bond donors (Lipinski definition) is 1. The summed E-state index contributed by atoms with van der Waals surface area (Å²) in [6.07, 6.45) is 1.39. The van der Waals surface area contributed by atoms with Gasteiger partial charge >= 0.3 is 0 Å². The average molecular weight is 398 g/mol. The van der Waals surface area contributed by atoms with Crippen LogP contribution in [0.1, 0.15) is 45.2 Å². The number of carbonyl (C=O) groups excluding carboxylic acids is 2. The van der Waals surface area contributed by atoms with Gasteiger partial charge in [-0.15, -0.1) is 0 Å². The molecule has 2 atom stereocenters. The zero-order valence-corrected chi connectivity index (χ0v) is 15.0. The summed E-state index contributed by atoms with van der Waals surface area (Å²) in [7, 11) is 0. The van der Waals surface area contributed by atoms with E-state index in [4.69, 9.17) is 4.74 Å².